The molecule has 0 atom stereocenters. The van der Waals surface area contributed by atoms with E-state index in [0.717, 1.165) is 0 Å². The second-order valence-electron chi connectivity index (χ2n) is 17.8. The molecule has 0 unspecified atom stereocenters. The lowest BCUT2D eigenvalue weighted by Crippen LogP contribution is -2.15. The SMILES string of the molecule is CCCCCCCC[P+](CCCCCCCC)(CCCCCCCC)CCCCCCCC.CCC[P+](CCC)(CCC)CCC.O=P([O-])([O-])Cc1ccccc1. The number of hydrogen-bond donors (Lipinski definition) is 0. The average molecular weight is 857 g/mol. The van der Waals surface area contributed by atoms with Crippen molar-refractivity contribution < 1.29 is 14.4 Å². The van der Waals surface area contributed by atoms with Gasteiger partial charge in [0.1, 0.15) is 0 Å². The summed E-state index contributed by atoms with van der Waals surface area (Å²) in [6.45, 7) is 18.8. The summed E-state index contributed by atoms with van der Waals surface area (Å²) in [5.74, 6) is 0. The van der Waals surface area contributed by atoms with Crippen molar-refractivity contribution in [2.24, 2.45) is 0 Å². The van der Waals surface area contributed by atoms with Crippen LogP contribution in [0.1, 0.15) is 241 Å². The Morgan fingerprint density at radius 1 is 0.351 bits per heavy atom. The van der Waals surface area contributed by atoms with Gasteiger partial charge in [-0.3, -0.25) is 0 Å². The molecule has 0 radical (unpaired) electrons. The number of benzene rings is 1. The highest BCUT2D eigenvalue weighted by Crippen LogP contribution is 2.62. The average Bonchev–Trinajstić information content (AvgIpc) is 3.18. The predicted octanol–water partition coefficient (Wildman–Crippen LogP) is 17.2. The minimum atomic E-state index is -4.39. The third kappa shape index (κ3) is 38.9. The van der Waals surface area contributed by atoms with E-state index >= 15 is 0 Å². The zero-order valence-corrected chi connectivity index (χ0v) is 42.8. The Balaban J connectivity index is 0. The van der Waals surface area contributed by atoms with Crippen LogP contribution in [-0.2, 0) is 10.7 Å². The molecule has 1 aromatic rings. The minimum absolute atomic E-state index is 0.395. The molecule has 0 fully saturated rings. The maximum Gasteiger partial charge on any atom is 0.0594 e. The van der Waals surface area contributed by atoms with E-state index in [0.29, 0.717) is 5.56 Å². The van der Waals surface area contributed by atoms with E-state index in [1.54, 1.807) is 105 Å². The molecule has 340 valence electrons. The smallest absolute Gasteiger partial charge is 0.0594 e. The Morgan fingerprint density at radius 3 is 0.842 bits per heavy atom. The van der Waals surface area contributed by atoms with Gasteiger partial charge in [0, 0.05) is 20.7 Å². The lowest BCUT2D eigenvalue weighted by atomic mass is 10.1. The van der Waals surface area contributed by atoms with Crippen LogP contribution in [0.5, 0.6) is 0 Å². The Bertz CT molecular complexity index is 867. The van der Waals surface area contributed by atoms with Gasteiger partial charge in [-0.2, -0.15) is 0 Å². The lowest BCUT2D eigenvalue weighted by Gasteiger charge is -2.29. The van der Waals surface area contributed by atoms with Gasteiger partial charge in [0.15, 0.2) is 0 Å². The first-order chi connectivity index (χ1) is 27.6. The fourth-order valence-electron chi connectivity index (χ4n) is 8.96. The van der Waals surface area contributed by atoms with Crippen LogP contribution in [0.15, 0.2) is 30.3 Å². The van der Waals surface area contributed by atoms with Crippen LogP contribution in [0, 0.1) is 0 Å². The standard InChI is InChI=1S/C32H68P.C12H28P.C7H9O3P/c1-5-9-13-17-21-25-29-33(30-26-22-18-14-10-6-2,31-27-23-19-15-11-7-3)32-28-24-20-16-12-8-4;1-5-9-13(10-6-2,11-7-3)12-8-4;8-11(9,10)6-7-4-2-1-3-5-7/h5-32H2,1-4H3;5-12H2,1-4H3;1-5H,6H2,(H2,8,9,10)/q2*+1;/p-2. The van der Waals surface area contributed by atoms with Crippen LogP contribution in [0.25, 0.3) is 0 Å². The summed E-state index contributed by atoms with van der Waals surface area (Å²) in [7, 11) is -5.60. The van der Waals surface area contributed by atoms with Crippen molar-refractivity contribution in [3.8, 4) is 0 Å². The molecule has 57 heavy (non-hydrogen) atoms. The first-order valence-electron chi connectivity index (χ1n) is 25.3. The van der Waals surface area contributed by atoms with Crippen molar-refractivity contribution in [1.29, 1.82) is 0 Å². The Kier molecular flexibility index (Phi) is 44.6. The highest BCUT2D eigenvalue weighted by atomic mass is 31.2. The van der Waals surface area contributed by atoms with E-state index in [2.05, 4.69) is 55.4 Å². The third-order valence-corrected chi connectivity index (χ3v) is 23.4. The lowest BCUT2D eigenvalue weighted by molar-refractivity contribution is -0.314. The van der Waals surface area contributed by atoms with Gasteiger partial charge in [-0.15, -0.1) is 0 Å². The van der Waals surface area contributed by atoms with Gasteiger partial charge < -0.3 is 14.4 Å². The zero-order chi connectivity index (χ0) is 42.8. The first kappa shape index (κ1) is 59.3. The highest BCUT2D eigenvalue weighted by Gasteiger charge is 2.35. The van der Waals surface area contributed by atoms with Gasteiger partial charge in [0.05, 0.1) is 49.3 Å². The minimum Gasteiger partial charge on any atom is -0.810 e. The summed E-state index contributed by atoms with van der Waals surface area (Å²) < 4.78 is 10.3. The molecule has 0 bridgehead atoms. The summed E-state index contributed by atoms with van der Waals surface area (Å²) in [6.07, 6.45) is 53.6. The molecule has 1 rings (SSSR count). The van der Waals surface area contributed by atoms with Crippen LogP contribution < -0.4 is 9.79 Å². The van der Waals surface area contributed by atoms with Crippen molar-refractivity contribution in [2.45, 2.75) is 241 Å². The summed E-state index contributed by atoms with van der Waals surface area (Å²) in [6, 6.07) is 8.39. The van der Waals surface area contributed by atoms with Crippen LogP contribution >= 0.6 is 22.1 Å². The number of rotatable bonds is 38. The van der Waals surface area contributed by atoms with E-state index in [1.165, 1.54) is 154 Å². The van der Waals surface area contributed by atoms with E-state index in [4.69, 9.17) is 0 Å². The van der Waals surface area contributed by atoms with Crippen LogP contribution in [0.3, 0.4) is 0 Å². The van der Waals surface area contributed by atoms with Crippen molar-refractivity contribution in [2.75, 3.05) is 49.3 Å². The van der Waals surface area contributed by atoms with Crippen molar-refractivity contribution in [3.05, 3.63) is 35.9 Å². The van der Waals surface area contributed by atoms with E-state index < -0.39 is 28.3 Å². The van der Waals surface area contributed by atoms with Crippen LogP contribution in [0.2, 0.25) is 0 Å². The molecular formula is C51H103O3P3. The van der Waals surface area contributed by atoms with E-state index in [1.807, 2.05) is 0 Å². The zero-order valence-electron chi connectivity index (χ0n) is 40.1. The normalized spacial score (nSPS) is 11.9. The molecule has 0 N–H and O–H groups in total. The highest BCUT2D eigenvalue weighted by molar-refractivity contribution is 7.76. The second-order valence-corrected chi connectivity index (χ2v) is 28.3. The van der Waals surface area contributed by atoms with E-state index in [9.17, 15) is 14.4 Å². The molecule has 0 aliphatic rings. The van der Waals surface area contributed by atoms with Crippen molar-refractivity contribution >= 4 is 22.1 Å². The fourth-order valence-corrected chi connectivity index (χ4v) is 19.7. The van der Waals surface area contributed by atoms with Gasteiger partial charge in [-0.1, -0.05) is 196 Å². The van der Waals surface area contributed by atoms with Crippen LogP contribution in [0.4, 0.5) is 0 Å². The molecule has 0 spiro atoms. The Morgan fingerprint density at radius 2 is 0.596 bits per heavy atom. The first-order valence-corrected chi connectivity index (χ1v) is 32.1. The van der Waals surface area contributed by atoms with Crippen molar-refractivity contribution in [3.63, 3.8) is 0 Å². The Hall–Kier alpha value is 0.230. The van der Waals surface area contributed by atoms with Crippen molar-refractivity contribution in [1.82, 2.24) is 0 Å². The molecule has 0 heterocycles. The Labute approximate surface area is 361 Å². The van der Waals surface area contributed by atoms with E-state index in [-0.39, 0.29) is 0 Å². The van der Waals surface area contributed by atoms with Gasteiger partial charge in [-0.05, 0) is 82.6 Å². The second kappa shape index (κ2) is 42.9. The third-order valence-electron chi connectivity index (χ3n) is 12.0. The molecule has 0 saturated heterocycles. The van der Waals surface area contributed by atoms with Gasteiger partial charge in [0.2, 0.25) is 0 Å². The maximum atomic E-state index is 10.3. The topological polar surface area (TPSA) is 63.2 Å². The molecule has 3 nitrogen and oxygen atoms in total. The van der Waals surface area contributed by atoms with Gasteiger partial charge in [-0.25, -0.2) is 0 Å². The molecule has 0 saturated carbocycles. The molecule has 0 aliphatic carbocycles. The predicted molar refractivity (Wildman–Crippen MR) is 265 cm³/mol. The molecule has 1 aromatic carbocycles. The molecule has 0 aromatic heterocycles. The maximum absolute atomic E-state index is 10.3. The molecule has 0 aliphatic heterocycles. The largest absolute Gasteiger partial charge is 0.810 e. The van der Waals surface area contributed by atoms with Gasteiger partial charge in [0.25, 0.3) is 0 Å². The molecule has 0 amide bonds. The number of hydrogen-bond acceptors (Lipinski definition) is 3. The monoisotopic (exact) mass is 857 g/mol. The fraction of sp³-hybridized carbons (Fsp3) is 0.882. The molecular weight excluding hydrogens is 753 g/mol. The molecule has 6 heteroatoms. The number of unbranched alkanes of at least 4 members (excludes halogenated alkanes) is 20. The van der Waals surface area contributed by atoms with Gasteiger partial charge >= 0.3 is 0 Å². The quantitative estimate of drug-likeness (QED) is 0.0492. The summed E-state index contributed by atoms with van der Waals surface area (Å²) in [5.41, 5.74) is 0.542. The summed E-state index contributed by atoms with van der Waals surface area (Å²) in [4.78, 5) is 20.5. The summed E-state index contributed by atoms with van der Waals surface area (Å²) >= 11 is 0. The summed E-state index contributed by atoms with van der Waals surface area (Å²) in [5, 5.41) is 0. The van der Waals surface area contributed by atoms with Crippen LogP contribution in [-0.4, -0.2) is 49.3 Å².